The van der Waals surface area contributed by atoms with Crippen molar-refractivity contribution in [3.8, 4) is 6.07 Å². The first-order chi connectivity index (χ1) is 19.0. The normalized spacial score (nSPS) is 19.4. The van der Waals surface area contributed by atoms with E-state index in [1.165, 1.54) is 35.2 Å². The second kappa shape index (κ2) is 10.2. The fourth-order valence-electron chi connectivity index (χ4n) is 5.48. The molecule has 0 aromatic heterocycles. The standard InChI is InChI=1S/C29H20ClF3N4O3/c30-22-11-10-18(14-23(22)37(39)40)36-24-12-17(16-6-2-1-3-7-16)13-25(38)27(24)26(20(15-34)28(36)35)19-8-4-5-9-21(19)29(31,32)33/h1-11,14,17,26H,12-13,35H2/t17-,26+/m0/s1. The Balaban J connectivity index is 1.79. The number of nitro benzene ring substituents is 1. The highest BCUT2D eigenvalue weighted by atomic mass is 35.5. The number of halogens is 4. The number of ketones is 1. The van der Waals surface area contributed by atoms with E-state index in [1.54, 1.807) is 0 Å². The average Bonchev–Trinajstić information content (AvgIpc) is 2.92. The lowest BCUT2D eigenvalue weighted by molar-refractivity contribution is -0.384. The van der Waals surface area contributed by atoms with Crippen molar-refractivity contribution >= 4 is 28.8 Å². The van der Waals surface area contributed by atoms with E-state index in [4.69, 9.17) is 17.3 Å². The van der Waals surface area contributed by atoms with Crippen LogP contribution in [0.1, 0.15) is 41.4 Å². The van der Waals surface area contributed by atoms with Crippen LogP contribution in [0.2, 0.25) is 5.02 Å². The molecule has 0 radical (unpaired) electrons. The molecule has 0 saturated carbocycles. The number of nitro groups is 1. The second-order valence-corrected chi connectivity index (χ2v) is 9.86. The van der Waals surface area contributed by atoms with Gasteiger partial charge in [-0.05, 0) is 41.7 Å². The lowest BCUT2D eigenvalue weighted by atomic mass is 9.71. The zero-order valence-electron chi connectivity index (χ0n) is 20.7. The predicted octanol–water partition coefficient (Wildman–Crippen LogP) is 6.97. The topological polar surface area (TPSA) is 113 Å². The number of rotatable bonds is 4. The molecular weight excluding hydrogens is 545 g/mol. The number of nitrogens with zero attached hydrogens (tertiary/aromatic N) is 3. The van der Waals surface area contributed by atoms with E-state index in [1.807, 2.05) is 36.4 Å². The molecule has 1 aliphatic heterocycles. The third-order valence-corrected chi connectivity index (χ3v) is 7.52. The highest BCUT2D eigenvalue weighted by molar-refractivity contribution is 6.32. The van der Waals surface area contributed by atoms with Crippen LogP contribution in [0.4, 0.5) is 24.5 Å². The first-order valence-corrected chi connectivity index (χ1v) is 12.5. The molecule has 1 aliphatic carbocycles. The molecule has 0 fully saturated rings. The summed E-state index contributed by atoms with van der Waals surface area (Å²) in [6.07, 6.45) is -4.57. The van der Waals surface area contributed by atoms with Gasteiger partial charge < -0.3 is 5.73 Å². The molecule has 3 aromatic carbocycles. The van der Waals surface area contributed by atoms with E-state index >= 15 is 0 Å². The predicted molar refractivity (Wildman–Crippen MR) is 142 cm³/mol. The second-order valence-electron chi connectivity index (χ2n) is 9.46. The van der Waals surface area contributed by atoms with Crippen LogP contribution in [-0.4, -0.2) is 10.7 Å². The van der Waals surface area contributed by atoms with Crippen molar-refractivity contribution in [2.24, 2.45) is 5.73 Å². The third kappa shape index (κ3) is 4.58. The molecule has 2 aliphatic rings. The lowest BCUT2D eigenvalue weighted by Crippen LogP contribution is -2.40. The van der Waals surface area contributed by atoms with E-state index in [9.17, 15) is 33.3 Å². The summed E-state index contributed by atoms with van der Waals surface area (Å²) in [4.78, 5) is 26.2. The maximum absolute atomic E-state index is 14.1. The first kappa shape index (κ1) is 27.0. The number of benzene rings is 3. The minimum absolute atomic E-state index is 0.000744. The molecule has 202 valence electrons. The maximum Gasteiger partial charge on any atom is 0.416 e. The Morgan fingerprint density at radius 3 is 2.38 bits per heavy atom. The van der Waals surface area contributed by atoms with Gasteiger partial charge in [0.1, 0.15) is 10.8 Å². The summed E-state index contributed by atoms with van der Waals surface area (Å²) in [6.45, 7) is 0. The molecule has 0 unspecified atom stereocenters. The van der Waals surface area contributed by atoms with Gasteiger partial charge in [-0.25, -0.2) is 0 Å². The first-order valence-electron chi connectivity index (χ1n) is 12.1. The summed E-state index contributed by atoms with van der Waals surface area (Å²) in [5.41, 5.74) is 5.83. The quantitative estimate of drug-likeness (QED) is 0.270. The van der Waals surface area contributed by atoms with Crippen LogP contribution in [0, 0.1) is 21.4 Å². The summed E-state index contributed by atoms with van der Waals surface area (Å²) < 4.78 is 42.4. The van der Waals surface area contributed by atoms with Gasteiger partial charge in [-0.1, -0.05) is 60.1 Å². The highest BCUT2D eigenvalue weighted by Gasteiger charge is 2.46. The van der Waals surface area contributed by atoms with Crippen LogP contribution in [0.25, 0.3) is 0 Å². The van der Waals surface area contributed by atoms with E-state index in [0.717, 1.165) is 17.7 Å². The van der Waals surface area contributed by atoms with Crippen molar-refractivity contribution in [2.75, 3.05) is 4.90 Å². The highest BCUT2D eigenvalue weighted by Crippen LogP contribution is 2.51. The number of allylic oxidation sites excluding steroid dienone is 3. The van der Waals surface area contributed by atoms with Crippen LogP contribution in [-0.2, 0) is 11.0 Å². The molecule has 0 saturated heterocycles. The molecule has 7 nitrogen and oxygen atoms in total. The van der Waals surface area contributed by atoms with Crippen LogP contribution in [0.5, 0.6) is 0 Å². The largest absolute Gasteiger partial charge is 0.416 e. The van der Waals surface area contributed by atoms with Crippen LogP contribution < -0.4 is 10.6 Å². The van der Waals surface area contributed by atoms with Crippen molar-refractivity contribution < 1.29 is 22.9 Å². The average molecular weight is 565 g/mol. The van der Waals surface area contributed by atoms with Crippen molar-refractivity contribution in [1.82, 2.24) is 0 Å². The molecule has 11 heteroatoms. The van der Waals surface area contributed by atoms with Crippen LogP contribution >= 0.6 is 11.6 Å². The lowest BCUT2D eigenvalue weighted by Gasteiger charge is -2.42. The smallest absolute Gasteiger partial charge is 0.384 e. The SMILES string of the molecule is N#CC1=C(N)N(c2ccc(Cl)c([N+](=O)[O-])c2)C2=C(C(=O)C[C@@H](c3ccccc3)C2)[C@@H]1c1ccccc1C(F)(F)F. The molecule has 2 N–H and O–H groups in total. The fourth-order valence-corrected chi connectivity index (χ4v) is 5.67. The number of alkyl halides is 3. The Labute approximate surface area is 231 Å². The number of carbonyl (C=O) groups is 1. The Bertz CT molecular complexity index is 1640. The third-order valence-electron chi connectivity index (χ3n) is 7.20. The van der Waals surface area contributed by atoms with Crippen molar-refractivity contribution in [1.29, 1.82) is 5.26 Å². The summed E-state index contributed by atoms with van der Waals surface area (Å²) in [6, 6.07) is 19.7. The minimum atomic E-state index is -4.76. The van der Waals surface area contributed by atoms with Gasteiger partial charge in [-0.15, -0.1) is 0 Å². The van der Waals surface area contributed by atoms with E-state index in [2.05, 4.69) is 0 Å². The molecule has 3 aromatic rings. The van der Waals surface area contributed by atoms with E-state index in [-0.39, 0.29) is 57.7 Å². The Morgan fingerprint density at radius 1 is 1.05 bits per heavy atom. The van der Waals surface area contributed by atoms with Gasteiger partial charge in [0.15, 0.2) is 5.78 Å². The van der Waals surface area contributed by atoms with Crippen molar-refractivity contribution in [3.63, 3.8) is 0 Å². The fraction of sp³-hybridized carbons (Fsp3) is 0.172. The molecule has 0 amide bonds. The number of carbonyl (C=O) groups excluding carboxylic acids is 1. The Hall–Kier alpha value is -4.62. The summed E-state index contributed by atoms with van der Waals surface area (Å²) in [5, 5.41) is 21.7. The maximum atomic E-state index is 14.1. The molecule has 2 atom stereocenters. The Kier molecular flexibility index (Phi) is 6.85. The monoisotopic (exact) mass is 564 g/mol. The summed E-state index contributed by atoms with van der Waals surface area (Å²) in [7, 11) is 0. The van der Waals surface area contributed by atoms with Crippen LogP contribution in [0.3, 0.4) is 0 Å². The number of nitriles is 1. The number of Topliss-reactive ketones (excluding diaryl/α,β-unsaturated/α-hetero) is 1. The molecular formula is C29H20ClF3N4O3. The summed E-state index contributed by atoms with van der Waals surface area (Å²) >= 11 is 6.02. The summed E-state index contributed by atoms with van der Waals surface area (Å²) in [5.74, 6) is -2.38. The number of nitrogens with two attached hydrogens (primary N) is 1. The number of hydrogen-bond acceptors (Lipinski definition) is 6. The van der Waals surface area contributed by atoms with Gasteiger partial charge in [-0.2, -0.15) is 18.4 Å². The number of anilines is 1. The van der Waals surface area contributed by atoms with Gasteiger partial charge in [0.2, 0.25) is 0 Å². The van der Waals surface area contributed by atoms with E-state index in [0.29, 0.717) is 0 Å². The molecule has 40 heavy (non-hydrogen) atoms. The van der Waals surface area contributed by atoms with Gasteiger partial charge in [0.25, 0.3) is 5.69 Å². The number of hydrogen-bond donors (Lipinski definition) is 1. The van der Waals surface area contributed by atoms with Crippen molar-refractivity contribution in [3.05, 3.63) is 127 Å². The zero-order valence-corrected chi connectivity index (χ0v) is 21.4. The molecule has 0 spiro atoms. The van der Waals surface area contributed by atoms with Gasteiger partial charge >= 0.3 is 6.18 Å². The Morgan fingerprint density at radius 2 is 1.73 bits per heavy atom. The zero-order chi connectivity index (χ0) is 28.8. The minimum Gasteiger partial charge on any atom is -0.384 e. The van der Waals surface area contributed by atoms with Gasteiger partial charge in [0, 0.05) is 23.8 Å². The molecule has 5 rings (SSSR count). The molecule has 1 heterocycles. The van der Waals surface area contributed by atoms with Gasteiger partial charge in [0.05, 0.1) is 33.7 Å². The molecule has 0 bridgehead atoms. The van der Waals surface area contributed by atoms with Crippen molar-refractivity contribution in [2.45, 2.75) is 30.9 Å². The van der Waals surface area contributed by atoms with Gasteiger partial charge in [-0.3, -0.25) is 19.8 Å². The van der Waals surface area contributed by atoms with E-state index < -0.39 is 34.1 Å². The van der Waals surface area contributed by atoms with Crippen LogP contribution in [0.15, 0.2) is 95.5 Å².